The first-order valence-electron chi connectivity index (χ1n) is 5.43. The molecule has 0 aliphatic carbocycles. The van der Waals surface area contributed by atoms with Gasteiger partial charge in [-0.3, -0.25) is 4.90 Å². The first-order valence-corrected chi connectivity index (χ1v) is 5.81. The molecule has 0 atom stereocenters. The van der Waals surface area contributed by atoms with Crippen molar-refractivity contribution >= 4 is 24.0 Å². The van der Waals surface area contributed by atoms with Crippen molar-refractivity contribution in [3.05, 3.63) is 34.9 Å². The first-order chi connectivity index (χ1) is 7.72. The van der Waals surface area contributed by atoms with E-state index < -0.39 is 0 Å². The number of likely N-dealkylation sites (N-methyl/N-ethyl adjacent to an activating group) is 1. The lowest BCUT2D eigenvalue weighted by Crippen LogP contribution is -2.23. The molecule has 0 saturated carbocycles. The van der Waals surface area contributed by atoms with Crippen LogP contribution in [0.25, 0.3) is 0 Å². The van der Waals surface area contributed by atoms with Gasteiger partial charge in [0, 0.05) is 24.7 Å². The van der Waals surface area contributed by atoms with Gasteiger partial charge in [-0.15, -0.1) is 12.4 Å². The van der Waals surface area contributed by atoms with Crippen molar-refractivity contribution in [2.24, 2.45) is 5.73 Å². The average molecular weight is 279 g/mol. The van der Waals surface area contributed by atoms with Gasteiger partial charge < -0.3 is 10.5 Å². The summed E-state index contributed by atoms with van der Waals surface area (Å²) in [7, 11) is 2.06. The van der Waals surface area contributed by atoms with Crippen molar-refractivity contribution in [1.29, 1.82) is 0 Å². The minimum absolute atomic E-state index is 0. The zero-order valence-electron chi connectivity index (χ0n) is 10.1. The molecule has 3 nitrogen and oxygen atoms in total. The Balaban J connectivity index is 0.00000256. The lowest BCUT2D eigenvalue weighted by atomic mass is 10.2. The fourth-order valence-corrected chi connectivity index (χ4v) is 1.64. The number of rotatable bonds is 7. The molecule has 0 bridgehead atoms. The topological polar surface area (TPSA) is 38.5 Å². The van der Waals surface area contributed by atoms with E-state index in [1.54, 1.807) is 0 Å². The van der Waals surface area contributed by atoms with Gasteiger partial charge in [-0.25, -0.2) is 0 Å². The summed E-state index contributed by atoms with van der Waals surface area (Å²) < 4.78 is 5.32. The average Bonchev–Trinajstić information content (AvgIpc) is 2.24. The number of hydrogen-bond acceptors (Lipinski definition) is 3. The van der Waals surface area contributed by atoms with Crippen LogP contribution in [0.2, 0.25) is 5.02 Å². The molecule has 17 heavy (non-hydrogen) atoms. The molecule has 0 aliphatic heterocycles. The molecule has 0 unspecified atom stereocenters. The van der Waals surface area contributed by atoms with Crippen LogP contribution in [0.15, 0.2) is 24.3 Å². The van der Waals surface area contributed by atoms with Crippen molar-refractivity contribution in [3.8, 4) is 0 Å². The lowest BCUT2D eigenvalue weighted by molar-refractivity contribution is 0.115. The van der Waals surface area contributed by atoms with Gasteiger partial charge in [0.1, 0.15) is 0 Å². The van der Waals surface area contributed by atoms with Gasteiger partial charge in [0.2, 0.25) is 0 Å². The van der Waals surface area contributed by atoms with E-state index in [1.165, 1.54) is 5.56 Å². The number of benzene rings is 1. The van der Waals surface area contributed by atoms with Crippen molar-refractivity contribution in [3.63, 3.8) is 0 Å². The third-order valence-electron chi connectivity index (χ3n) is 2.22. The number of nitrogens with zero attached hydrogens (tertiary/aromatic N) is 1. The molecule has 1 rings (SSSR count). The van der Waals surface area contributed by atoms with Crippen LogP contribution in [-0.2, 0) is 11.3 Å². The molecule has 0 amide bonds. The Bertz CT molecular complexity index is 310. The van der Waals surface area contributed by atoms with Gasteiger partial charge in [0.15, 0.2) is 0 Å². The molecular weight excluding hydrogens is 259 g/mol. The van der Waals surface area contributed by atoms with Gasteiger partial charge in [-0.1, -0.05) is 23.7 Å². The van der Waals surface area contributed by atoms with Crippen LogP contribution in [0.1, 0.15) is 5.56 Å². The molecular formula is C12H20Cl2N2O. The zero-order chi connectivity index (χ0) is 11.8. The van der Waals surface area contributed by atoms with Crippen LogP contribution in [0.3, 0.4) is 0 Å². The van der Waals surface area contributed by atoms with Crippen molar-refractivity contribution in [1.82, 2.24) is 4.90 Å². The zero-order valence-corrected chi connectivity index (χ0v) is 11.6. The molecule has 5 heteroatoms. The van der Waals surface area contributed by atoms with Crippen LogP contribution in [-0.4, -0.2) is 38.3 Å². The van der Waals surface area contributed by atoms with Gasteiger partial charge in [-0.05, 0) is 24.7 Å². The molecule has 2 N–H and O–H groups in total. The highest BCUT2D eigenvalue weighted by Crippen LogP contribution is 2.11. The number of ether oxygens (including phenoxy) is 1. The summed E-state index contributed by atoms with van der Waals surface area (Å²) in [5.74, 6) is 0. The Morgan fingerprint density at radius 2 is 2.12 bits per heavy atom. The first kappa shape index (κ1) is 16.7. The molecule has 0 aliphatic rings. The maximum Gasteiger partial charge on any atom is 0.0594 e. The number of hydrogen-bond donors (Lipinski definition) is 1. The largest absolute Gasteiger partial charge is 0.379 e. The highest BCUT2D eigenvalue weighted by Gasteiger charge is 2.00. The van der Waals surface area contributed by atoms with Crippen LogP contribution in [0, 0.1) is 0 Å². The predicted octanol–water partition coefficient (Wildman–Crippen LogP) is 2.17. The van der Waals surface area contributed by atoms with Crippen molar-refractivity contribution in [2.45, 2.75) is 6.54 Å². The van der Waals surface area contributed by atoms with Crippen LogP contribution < -0.4 is 5.73 Å². The molecule has 0 saturated heterocycles. The van der Waals surface area contributed by atoms with Crippen molar-refractivity contribution < 1.29 is 4.74 Å². The standard InChI is InChI=1S/C12H19ClN2O.ClH/c1-15(6-8-16-7-5-14)10-11-3-2-4-12(13)9-11;/h2-4,9H,5-8,10,14H2,1H3;1H. The Hall–Kier alpha value is -0.320. The normalized spacial score (nSPS) is 10.4. The molecule has 0 aromatic heterocycles. The SMILES string of the molecule is CN(CCOCCN)Cc1cccc(Cl)c1.Cl. The van der Waals surface area contributed by atoms with Gasteiger partial charge in [-0.2, -0.15) is 0 Å². The predicted molar refractivity (Wildman–Crippen MR) is 74.9 cm³/mol. The third-order valence-corrected chi connectivity index (χ3v) is 2.46. The quantitative estimate of drug-likeness (QED) is 0.777. The second-order valence-electron chi connectivity index (χ2n) is 3.77. The summed E-state index contributed by atoms with van der Waals surface area (Å²) >= 11 is 5.92. The summed E-state index contributed by atoms with van der Waals surface area (Å²) in [6, 6.07) is 7.91. The minimum Gasteiger partial charge on any atom is -0.379 e. The van der Waals surface area contributed by atoms with Gasteiger partial charge in [0.25, 0.3) is 0 Å². The summed E-state index contributed by atoms with van der Waals surface area (Å²) in [4.78, 5) is 2.20. The van der Waals surface area contributed by atoms with Crippen molar-refractivity contribution in [2.75, 3.05) is 33.4 Å². The highest BCUT2D eigenvalue weighted by molar-refractivity contribution is 6.30. The molecule has 0 fully saturated rings. The summed E-state index contributed by atoms with van der Waals surface area (Å²) in [5.41, 5.74) is 6.55. The van der Waals surface area contributed by atoms with E-state index in [9.17, 15) is 0 Å². The van der Waals surface area contributed by atoms with Crippen LogP contribution >= 0.6 is 24.0 Å². The fourth-order valence-electron chi connectivity index (χ4n) is 1.43. The van der Waals surface area contributed by atoms with Gasteiger partial charge in [0.05, 0.1) is 13.2 Å². The van der Waals surface area contributed by atoms with E-state index in [0.717, 1.165) is 18.1 Å². The van der Waals surface area contributed by atoms with Crippen LogP contribution in [0.5, 0.6) is 0 Å². The number of nitrogens with two attached hydrogens (primary N) is 1. The highest BCUT2D eigenvalue weighted by atomic mass is 35.5. The smallest absolute Gasteiger partial charge is 0.0594 e. The molecule has 0 heterocycles. The van der Waals surface area contributed by atoms with E-state index in [1.807, 2.05) is 18.2 Å². The second kappa shape index (κ2) is 9.68. The number of halogens is 2. The minimum atomic E-state index is 0. The molecule has 0 spiro atoms. The molecule has 1 aromatic rings. The maximum absolute atomic E-state index is 5.92. The Kier molecular flexibility index (Phi) is 9.50. The van der Waals surface area contributed by atoms with Gasteiger partial charge >= 0.3 is 0 Å². The lowest BCUT2D eigenvalue weighted by Gasteiger charge is -2.16. The Morgan fingerprint density at radius 3 is 2.76 bits per heavy atom. The van der Waals surface area contributed by atoms with Crippen LogP contribution in [0.4, 0.5) is 0 Å². The fraction of sp³-hybridized carbons (Fsp3) is 0.500. The second-order valence-corrected chi connectivity index (χ2v) is 4.21. The van der Waals surface area contributed by atoms with E-state index in [-0.39, 0.29) is 12.4 Å². The third kappa shape index (κ3) is 7.58. The Labute approximate surface area is 114 Å². The summed E-state index contributed by atoms with van der Waals surface area (Å²) in [6.45, 7) is 3.70. The maximum atomic E-state index is 5.92. The summed E-state index contributed by atoms with van der Waals surface area (Å²) in [6.07, 6.45) is 0. The molecule has 0 radical (unpaired) electrons. The van der Waals surface area contributed by atoms with E-state index in [0.29, 0.717) is 19.8 Å². The van der Waals surface area contributed by atoms with E-state index in [2.05, 4.69) is 18.0 Å². The monoisotopic (exact) mass is 278 g/mol. The molecule has 98 valence electrons. The Morgan fingerprint density at radius 1 is 1.35 bits per heavy atom. The molecule has 1 aromatic carbocycles. The summed E-state index contributed by atoms with van der Waals surface area (Å²) in [5, 5.41) is 0.783. The van der Waals surface area contributed by atoms with E-state index >= 15 is 0 Å². The van der Waals surface area contributed by atoms with E-state index in [4.69, 9.17) is 22.1 Å².